The molecule has 2 unspecified atom stereocenters. The average molecular weight is 330 g/mol. The van der Waals surface area contributed by atoms with Crippen LogP contribution in [0.2, 0.25) is 0 Å². The number of hydrogen-bond donors (Lipinski definition) is 1. The van der Waals surface area contributed by atoms with E-state index in [-0.39, 0.29) is 13.0 Å². The highest BCUT2D eigenvalue weighted by Gasteiger charge is 2.24. The van der Waals surface area contributed by atoms with Crippen molar-refractivity contribution in [3.8, 4) is 5.75 Å². The van der Waals surface area contributed by atoms with Crippen LogP contribution in [0.1, 0.15) is 31.9 Å². The molecule has 0 saturated carbocycles. The van der Waals surface area contributed by atoms with Crippen molar-refractivity contribution in [2.75, 3.05) is 13.3 Å². The van der Waals surface area contributed by atoms with E-state index in [0.29, 0.717) is 11.3 Å². The van der Waals surface area contributed by atoms with Gasteiger partial charge in [0.15, 0.2) is 0 Å². The van der Waals surface area contributed by atoms with Crippen LogP contribution in [-0.2, 0) is 23.4 Å². The van der Waals surface area contributed by atoms with E-state index in [1.807, 2.05) is 0 Å². The predicted octanol–water partition coefficient (Wildman–Crippen LogP) is 2.44. The van der Waals surface area contributed by atoms with Gasteiger partial charge in [0.25, 0.3) is 0 Å². The molecule has 7 nitrogen and oxygen atoms in total. The molecule has 0 aliphatic rings. The molecule has 0 radical (unpaired) electrons. The first-order chi connectivity index (χ1) is 10.2. The second-order valence-electron chi connectivity index (χ2n) is 4.57. The van der Waals surface area contributed by atoms with Gasteiger partial charge < -0.3 is 18.9 Å². The van der Waals surface area contributed by atoms with E-state index in [1.54, 1.807) is 19.1 Å². The molecule has 1 aromatic carbocycles. The zero-order chi connectivity index (χ0) is 16.8. The number of carbonyl (C=O) groups is 2. The number of benzene rings is 1. The Labute approximate surface area is 128 Å². The van der Waals surface area contributed by atoms with Gasteiger partial charge in [-0.2, -0.15) is 0 Å². The molecule has 1 N–H and O–H groups in total. The van der Waals surface area contributed by atoms with E-state index in [4.69, 9.17) is 14.0 Å². The Morgan fingerprint density at radius 3 is 2.32 bits per heavy atom. The highest BCUT2D eigenvalue weighted by atomic mass is 31.2. The molecule has 2 atom stereocenters. The van der Waals surface area contributed by atoms with E-state index >= 15 is 0 Å². The minimum atomic E-state index is -3.79. The summed E-state index contributed by atoms with van der Waals surface area (Å²) in [5.41, 5.74) is 0.500. The third-order valence-electron chi connectivity index (χ3n) is 2.49. The third-order valence-corrected chi connectivity index (χ3v) is 3.14. The molecule has 1 aromatic rings. The van der Waals surface area contributed by atoms with Crippen LogP contribution in [0, 0.1) is 0 Å². The second kappa shape index (κ2) is 8.08. The number of hydrogen-bond acceptors (Lipinski definition) is 6. The Morgan fingerprint density at radius 1 is 1.27 bits per heavy atom. The second-order valence-corrected chi connectivity index (χ2v) is 6.39. The smallest absolute Gasteiger partial charge is 0.325 e. The lowest BCUT2D eigenvalue weighted by molar-refractivity contribution is -0.145. The quantitative estimate of drug-likeness (QED) is 0.465. The zero-order valence-electron chi connectivity index (χ0n) is 12.6. The van der Waals surface area contributed by atoms with Crippen LogP contribution in [0.15, 0.2) is 24.3 Å². The van der Waals surface area contributed by atoms with Crippen LogP contribution in [0.4, 0.5) is 0 Å². The fraction of sp³-hybridized carbons (Fsp3) is 0.429. The minimum Gasteiger partial charge on any atom is -0.466 e. The molecule has 1 rings (SSSR count). The SMILES string of the molecule is CCOC(=O)CC(OP(C)(=O)O)c1ccc(OC(C)=O)cc1. The standard InChI is InChI=1S/C14H19O7P/c1-4-19-14(16)9-13(21-22(3,17)18)11-5-7-12(8-6-11)20-10(2)15/h5-8,13H,4,9H2,1-3H3,(H,17,18). The van der Waals surface area contributed by atoms with Crippen molar-refractivity contribution < 1.29 is 33.0 Å². The van der Waals surface area contributed by atoms with Crippen LogP contribution < -0.4 is 4.74 Å². The van der Waals surface area contributed by atoms with Gasteiger partial charge >= 0.3 is 19.5 Å². The first-order valence-electron chi connectivity index (χ1n) is 6.64. The number of esters is 2. The van der Waals surface area contributed by atoms with E-state index in [2.05, 4.69) is 0 Å². The van der Waals surface area contributed by atoms with E-state index < -0.39 is 25.6 Å². The minimum absolute atomic E-state index is 0.195. The highest BCUT2D eigenvalue weighted by Crippen LogP contribution is 2.44. The first-order valence-corrected chi connectivity index (χ1v) is 8.66. The monoisotopic (exact) mass is 330 g/mol. The average Bonchev–Trinajstić information content (AvgIpc) is 2.36. The fourth-order valence-electron chi connectivity index (χ4n) is 1.74. The van der Waals surface area contributed by atoms with Gasteiger partial charge in [-0.05, 0) is 24.6 Å². The van der Waals surface area contributed by atoms with Gasteiger partial charge in [0.2, 0.25) is 0 Å². The van der Waals surface area contributed by atoms with Crippen molar-refractivity contribution in [1.29, 1.82) is 0 Å². The Morgan fingerprint density at radius 2 is 1.86 bits per heavy atom. The summed E-state index contributed by atoms with van der Waals surface area (Å²) in [6, 6.07) is 6.13. The summed E-state index contributed by atoms with van der Waals surface area (Å²) in [6.07, 6.45) is -1.12. The molecule has 0 aliphatic carbocycles. The highest BCUT2D eigenvalue weighted by molar-refractivity contribution is 7.51. The Balaban J connectivity index is 2.92. The Bertz CT molecular complexity index is 561. The Kier molecular flexibility index (Phi) is 6.74. The normalized spacial score (nSPS) is 14.7. The maximum atomic E-state index is 11.6. The third kappa shape index (κ3) is 6.85. The molecule has 122 valence electrons. The van der Waals surface area contributed by atoms with Gasteiger partial charge in [0.1, 0.15) is 11.9 Å². The molecule has 0 fully saturated rings. The van der Waals surface area contributed by atoms with Crippen LogP contribution in [0.25, 0.3) is 0 Å². The first kappa shape index (κ1) is 18.4. The van der Waals surface area contributed by atoms with Crippen LogP contribution in [-0.4, -0.2) is 30.1 Å². The molecule has 0 aromatic heterocycles. The summed E-state index contributed by atoms with van der Waals surface area (Å²) in [5.74, 6) is -0.666. The molecule has 0 heterocycles. The van der Waals surface area contributed by atoms with E-state index in [9.17, 15) is 19.0 Å². The number of carbonyl (C=O) groups excluding carboxylic acids is 2. The van der Waals surface area contributed by atoms with Gasteiger partial charge in [-0.15, -0.1) is 0 Å². The lowest BCUT2D eigenvalue weighted by Crippen LogP contribution is -2.12. The zero-order valence-corrected chi connectivity index (χ0v) is 13.5. The van der Waals surface area contributed by atoms with Crippen molar-refractivity contribution in [3.05, 3.63) is 29.8 Å². The molecular weight excluding hydrogens is 311 g/mol. The summed E-state index contributed by atoms with van der Waals surface area (Å²) in [5, 5.41) is 0. The van der Waals surface area contributed by atoms with E-state index in [0.717, 1.165) is 6.66 Å². The van der Waals surface area contributed by atoms with Crippen molar-refractivity contribution in [2.45, 2.75) is 26.4 Å². The lowest BCUT2D eigenvalue weighted by atomic mass is 10.1. The number of ether oxygens (including phenoxy) is 2. The summed E-state index contributed by atoms with van der Waals surface area (Å²) in [4.78, 5) is 31.8. The topological polar surface area (TPSA) is 99.1 Å². The summed E-state index contributed by atoms with van der Waals surface area (Å²) < 4.78 is 26.2. The lowest BCUT2D eigenvalue weighted by Gasteiger charge is -2.19. The van der Waals surface area contributed by atoms with Crippen LogP contribution in [0.3, 0.4) is 0 Å². The van der Waals surface area contributed by atoms with Crippen molar-refractivity contribution in [1.82, 2.24) is 0 Å². The Hall–Kier alpha value is -1.69. The molecule has 0 amide bonds. The molecular formula is C14H19O7P. The summed E-state index contributed by atoms with van der Waals surface area (Å²) in [7, 11) is -3.79. The van der Waals surface area contributed by atoms with Gasteiger partial charge in [-0.3, -0.25) is 14.2 Å². The maximum Gasteiger partial charge on any atom is 0.325 e. The van der Waals surface area contributed by atoms with Crippen LogP contribution >= 0.6 is 7.60 Å². The van der Waals surface area contributed by atoms with Gasteiger partial charge in [-0.25, -0.2) is 0 Å². The van der Waals surface area contributed by atoms with Gasteiger partial charge in [-0.1, -0.05) is 12.1 Å². The van der Waals surface area contributed by atoms with Crippen molar-refractivity contribution in [2.24, 2.45) is 0 Å². The van der Waals surface area contributed by atoms with E-state index in [1.165, 1.54) is 19.1 Å². The van der Waals surface area contributed by atoms with Crippen molar-refractivity contribution >= 4 is 19.5 Å². The molecule has 22 heavy (non-hydrogen) atoms. The molecule has 8 heteroatoms. The largest absolute Gasteiger partial charge is 0.466 e. The molecule has 0 bridgehead atoms. The van der Waals surface area contributed by atoms with Crippen LogP contribution in [0.5, 0.6) is 5.75 Å². The van der Waals surface area contributed by atoms with Gasteiger partial charge in [0.05, 0.1) is 13.0 Å². The predicted molar refractivity (Wildman–Crippen MR) is 78.6 cm³/mol. The van der Waals surface area contributed by atoms with Crippen molar-refractivity contribution in [3.63, 3.8) is 0 Å². The fourth-order valence-corrected chi connectivity index (χ4v) is 2.41. The molecule has 0 saturated heterocycles. The summed E-state index contributed by atoms with van der Waals surface area (Å²) in [6.45, 7) is 4.19. The maximum absolute atomic E-state index is 11.6. The molecule has 0 aliphatic heterocycles. The summed E-state index contributed by atoms with van der Waals surface area (Å²) >= 11 is 0. The molecule has 0 spiro atoms. The van der Waals surface area contributed by atoms with Gasteiger partial charge in [0, 0.05) is 13.6 Å². The number of rotatable bonds is 7.